The SMILES string of the molecule is COCC(NC(=O)c1cccc2c1CCC2)C(=O)O. The van der Waals surface area contributed by atoms with Crippen molar-refractivity contribution in [2.24, 2.45) is 0 Å². The zero-order valence-corrected chi connectivity index (χ0v) is 10.8. The summed E-state index contributed by atoms with van der Waals surface area (Å²) in [7, 11) is 1.41. The third-order valence-corrected chi connectivity index (χ3v) is 3.33. The minimum Gasteiger partial charge on any atom is -0.480 e. The number of carboxylic acids is 1. The maximum atomic E-state index is 12.2. The highest BCUT2D eigenvalue weighted by atomic mass is 16.5. The molecule has 1 aromatic rings. The van der Waals surface area contributed by atoms with Gasteiger partial charge in [0, 0.05) is 12.7 Å². The lowest BCUT2D eigenvalue weighted by Gasteiger charge is -2.15. The van der Waals surface area contributed by atoms with Crippen molar-refractivity contribution in [3.05, 3.63) is 34.9 Å². The Kier molecular flexibility index (Phi) is 4.16. The minimum absolute atomic E-state index is 0.0455. The van der Waals surface area contributed by atoms with E-state index in [0.29, 0.717) is 5.56 Å². The smallest absolute Gasteiger partial charge is 0.328 e. The van der Waals surface area contributed by atoms with Gasteiger partial charge >= 0.3 is 5.97 Å². The minimum atomic E-state index is -1.09. The van der Waals surface area contributed by atoms with Crippen LogP contribution in [0.5, 0.6) is 0 Å². The number of hydrogen-bond acceptors (Lipinski definition) is 3. The number of rotatable bonds is 5. The number of nitrogens with one attached hydrogen (secondary N) is 1. The largest absolute Gasteiger partial charge is 0.480 e. The van der Waals surface area contributed by atoms with Crippen LogP contribution >= 0.6 is 0 Å². The average molecular weight is 263 g/mol. The van der Waals surface area contributed by atoms with Gasteiger partial charge in [-0.3, -0.25) is 4.79 Å². The zero-order chi connectivity index (χ0) is 13.8. The van der Waals surface area contributed by atoms with E-state index in [1.54, 1.807) is 6.07 Å². The van der Waals surface area contributed by atoms with Crippen LogP contribution in [0.25, 0.3) is 0 Å². The van der Waals surface area contributed by atoms with Crippen molar-refractivity contribution in [2.45, 2.75) is 25.3 Å². The molecule has 0 fully saturated rings. The van der Waals surface area contributed by atoms with E-state index in [9.17, 15) is 9.59 Å². The second kappa shape index (κ2) is 5.84. The van der Waals surface area contributed by atoms with E-state index in [0.717, 1.165) is 24.8 Å². The molecule has 1 amide bonds. The molecule has 0 radical (unpaired) electrons. The van der Waals surface area contributed by atoms with E-state index >= 15 is 0 Å². The first-order valence-corrected chi connectivity index (χ1v) is 6.27. The van der Waals surface area contributed by atoms with Gasteiger partial charge in [0.15, 0.2) is 6.04 Å². The third kappa shape index (κ3) is 2.93. The highest BCUT2D eigenvalue weighted by Gasteiger charge is 2.23. The van der Waals surface area contributed by atoms with Gasteiger partial charge in [0.05, 0.1) is 6.61 Å². The Morgan fingerprint density at radius 2 is 2.21 bits per heavy atom. The number of aryl methyl sites for hydroxylation is 1. The van der Waals surface area contributed by atoms with Crippen molar-refractivity contribution in [2.75, 3.05) is 13.7 Å². The summed E-state index contributed by atoms with van der Waals surface area (Å²) in [5, 5.41) is 11.5. The molecular formula is C14H17NO4. The molecule has 0 saturated carbocycles. The highest BCUT2D eigenvalue weighted by molar-refractivity contribution is 5.98. The molecule has 2 N–H and O–H groups in total. The molecule has 102 valence electrons. The van der Waals surface area contributed by atoms with E-state index in [1.165, 1.54) is 12.7 Å². The lowest BCUT2D eigenvalue weighted by atomic mass is 10.0. The first kappa shape index (κ1) is 13.5. The molecule has 19 heavy (non-hydrogen) atoms. The Bertz CT molecular complexity index is 498. The van der Waals surface area contributed by atoms with Gasteiger partial charge in [-0.05, 0) is 36.5 Å². The fourth-order valence-electron chi connectivity index (χ4n) is 2.41. The van der Waals surface area contributed by atoms with Crippen molar-refractivity contribution in [3.63, 3.8) is 0 Å². The predicted molar refractivity (Wildman–Crippen MR) is 69.2 cm³/mol. The summed E-state index contributed by atoms with van der Waals surface area (Å²) < 4.78 is 4.80. The molecular weight excluding hydrogens is 246 g/mol. The van der Waals surface area contributed by atoms with Crippen LogP contribution in [0.15, 0.2) is 18.2 Å². The van der Waals surface area contributed by atoms with Gasteiger partial charge in [-0.1, -0.05) is 12.1 Å². The number of hydrogen-bond donors (Lipinski definition) is 2. The van der Waals surface area contributed by atoms with E-state index in [1.807, 2.05) is 12.1 Å². The van der Waals surface area contributed by atoms with E-state index in [2.05, 4.69) is 5.32 Å². The second-order valence-electron chi connectivity index (χ2n) is 4.62. The first-order valence-electron chi connectivity index (χ1n) is 6.27. The van der Waals surface area contributed by atoms with Gasteiger partial charge in [0.25, 0.3) is 5.91 Å². The summed E-state index contributed by atoms with van der Waals surface area (Å²) in [6, 6.07) is 4.58. The van der Waals surface area contributed by atoms with Crippen molar-refractivity contribution in [3.8, 4) is 0 Å². The zero-order valence-electron chi connectivity index (χ0n) is 10.8. The van der Waals surface area contributed by atoms with Crippen LogP contribution in [-0.2, 0) is 22.4 Å². The molecule has 1 aromatic carbocycles. The van der Waals surface area contributed by atoms with Crippen LogP contribution in [0.1, 0.15) is 27.9 Å². The molecule has 1 unspecified atom stereocenters. The fourth-order valence-corrected chi connectivity index (χ4v) is 2.41. The quantitative estimate of drug-likeness (QED) is 0.831. The van der Waals surface area contributed by atoms with Crippen molar-refractivity contribution < 1.29 is 19.4 Å². The Hall–Kier alpha value is -1.88. The third-order valence-electron chi connectivity index (χ3n) is 3.33. The van der Waals surface area contributed by atoms with Crippen LogP contribution in [0.2, 0.25) is 0 Å². The fraction of sp³-hybridized carbons (Fsp3) is 0.429. The number of carbonyl (C=O) groups excluding carboxylic acids is 1. The number of aliphatic carboxylic acids is 1. The normalized spacial score (nSPS) is 14.8. The lowest BCUT2D eigenvalue weighted by Crippen LogP contribution is -2.44. The monoisotopic (exact) mass is 263 g/mol. The summed E-state index contributed by atoms with van der Waals surface area (Å²) in [4.78, 5) is 23.2. The molecule has 1 aliphatic carbocycles. The summed E-state index contributed by atoms with van der Waals surface area (Å²) in [6.07, 6.45) is 2.90. The number of ether oxygens (including phenoxy) is 1. The van der Waals surface area contributed by atoms with Gasteiger partial charge in [-0.15, -0.1) is 0 Å². The number of benzene rings is 1. The number of amides is 1. The molecule has 0 bridgehead atoms. The van der Waals surface area contributed by atoms with Crippen LogP contribution < -0.4 is 5.32 Å². The molecule has 2 rings (SSSR count). The Labute approximate surface area is 111 Å². The van der Waals surface area contributed by atoms with Crippen molar-refractivity contribution in [1.82, 2.24) is 5.32 Å². The number of fused-ring (bicyclic) bond motifs is 1. The predicted octanol–water partition coefficient (Wildman–Crippen LogP) is 1.00. The topological polar surface area (TPSA) is 75.6 Å². The number of carboxylic acid groups (broad SMARTS) is 1. The molecule has 0 heterocycles. The Morgan fingerprint density at radius 1 is 1.42 bits per heavy atom. The van der Waals surface area contributed by atoms with E-state index < -0.39 is 12.0 Å². The number of methoxy groups -OCH3 is 1. The number of carbonyl (C=O) groups is 2. The molecule has 5 nitrogen and oxygen atoms in total. The molecule has 0 aromatic heterocycles. The van der Waals surface area contributed by atoms with E-state index in [-0.39, 0.29) is 12.5 Å². The van der Waals surface area contributed by atoms with Crippen LogP contribution in [0.4, 0.5) is 0 Å². The molecule has 1 atom stereocenters. The van der Waals surface area contributed by atoms with E-state index in [4.69, 9.17) is 9.84 Å². The van der Waals surface area contributed by atoms with Gasteiger partial charge in [0.2, 0.25) is 0 Å². The molecule has 1 aliphatic rings. The highest BCUT2D eigenvalue weighted by Crippen LogP contribution is 2.25. The second-order valence-corrected chi connectivity index (χ2v) is 4.62. The molecule has 0 spiro atoms. The van der Waals surface area contributed by atoms with Crippen molar-refractivity contribution in [1.29, 1.82) is 0 Å². The van der Waals surface area contributed by atoms with Crippen LogP contribution in [0.3, 0.4) is 0 Å². The van der Waals surface area contributed by atoms with Gasteiger partial charge in [0.1, 0.15) is 0 Å². The Morgan fingerprint density at radius 3 is 2.89 bits per heavy atom. The van der Waals surface area contributed by atoms with Gasteiger partial charge < -0.3 is 15.2 Å². The van der Waals surface area contributed by atoms with Gasteiger partial charge in [-0.2, -0.15) is 0 Å². The first-order chi connectivity index (χ1) is 9.13. The molecule has 0 aliphatic heterocycles. The average Bonchev–Trinajstić information content (AvgIpc) is 2.85. The van der Waals surface area contributed by atoms with Crippen molar-refractivity contribution >= 4 is 11.9 Å². The summed E-state index contributed by atoms with van der Waals surface area (Å²) >= 11 is 0. The lowest BCUT2D eigenvalue weighted by molar-refractivity contribution is -0.140. The standard InChI is InChI=1S/C14H17NO4/c1-19-8-12(14(17)18)15-13(16)11-7-3-5-9-4-2-6-10(9)11/h3,5,7,12H,2,4,6,8H2,1H3,(H,15,16)(H,17,18). The summed E-state index contributed by atoms with van der Waals surface area (Å²) in [5.74, 6) is -1.44. The Balaban J connectivity index is 2.16. The maximum Gasteiger partial charge on any atom is 0.328 e. The maximum absolute atomic E-state index is 12.2. The van der Waals surface area contributed by atoms with Crippen LogP contribution in [0, 0.1) is 0 Å². The molecule has 5 heteroatoms. The van der Waals surface area contributed by atoms with Crippen LogP contribution in [-0.4, -0.2) is 36.7 Å². The van der Waals surface area contributed by atoms with Gasteiger partial charge in [-0.25, -0.2) is 4.79 Å². The summed E-state index contributed by atoms with van der Waals surface area (Å²) in [6.45, 7) is -0.0455. The summed E-state index contributed by atoms with van der Waals surface area (Å²) in [5.41, 5.74) is 2.81. The molecule has 0 saturated heterocycles.